The molecule has 0 spiro atoms. The van der Waals surface area contributed by atoms with Gasteiger partial charge in [0.15, 0.2) is 0 Å². The molecule has 0 bridgehead atoms. The first kappa shape index (κ1) is 16.7. The van der Waals surface area contributed by atoms with Crippen LogP contribution in [0.15, 0.2) is 67.0 Å². The third-order valence-electron chi connectivity index (χ3n) is 4.02. The van der Waals surface area contributed by atoms with E-state index in [1.807, 2.05) is 36.4 Å². The normalized spacial score (nSPS) is 10.7. The van der Waals surface area contributed by atoms with E-state index in [4.69, 9.17) is 4.74 Å². The Hall–Kier alpha value is -3.74. The van der Waals surface area contributed by atoms with Crippen LogP contribution in [-0.4, -0.2) is 44.5 Å². The van der Waals surface area contributed by atoms with E-state index in [0.717, 1.165) is 11.3 Å². The van der Waals surface area contributed by atoms with Gasteiger partial charge in [0.05, 0.1) is 5.69 Å². The van der Waals surface area contributed by atoms with E-state index in [0.29, 0.717) is 23.0 Å². The molecule has 0 fully saturated rings. The highest BCUT2D eigenvalue weighted by atomic mass is 16.5. The summed E-state index contributed by atoms with van der Waals surface area (Å²) < 4.78 is 7.54. The number of rotatable bonds is 4. The predicted octanol–water partition coefficient (Wildman–Crippen LogP) is 3.29. The number of hydrogen-bond donors (Lipinski definition) is 0. The van der Waals surface area contributed by atoms with Crippen molar-refractivity contribution in [3.05, 3.63) is 72.6 Å². The molecule has 0 radical (unpaired) electrons. The molecule has 27 heavy (non-hydrogen) atoms. The zero-order valence-corrected chi connectivity index (χ0v) is 14.9. The lowest BCUT2D eigenvalue weighted by Gasteiger charge is -2.12. The van der Waals surface area contributed by atoms with Gasteiger partial charge in [0.1, 0.15) is 12.1 Å². The fourth-order valence-corrected chi connectivity index (χ4v) is 2.66. The predicted molar refractivity (Wildman–Crippen MR) is 101 cm³/mol. The molecule has 7 nitrogen and oxygen atoms in total. The van der Waals surface area contributed by atoms with Gasteiger partial charge in [-0.25, -0.2) is 4.98 Å². The molecule has 0 aliphatic rings. The summed E-state index contributed by atoms with van der Waals surface area (Å²) >= 11 is 0. The molecule has 2 aromatic heterocycles. The van der Waals surface area contributed by atoms with Crippen LogP contribution in [0.1, 0.15) is 10.4 Å². The van der Waals surface area contributed by atoms with Gasteiger partial charge in [0.2, 0.25) is 5.88 Å². The monoisotopic (exact) mass is 359 g/mol. The molecule has 2 heterocycles. The Labute approximate surface area is 155 Å². The van der Waals surface area contributed by atoms with Crippen LogP contribution in [0, 0.1) is 0 Å². The van der Waals surface area contributed by atoms with Crippen LogP contribution in [0.5, 0.6) is 11.6 Å². The number of fused-ring (bicyclic) bond motifs is 1. The van der Waals surface area contributed by atoms with Gasteiger partial charge < -0.3 is 9.64 Å². The highest BCUT2D eigenvalue weighted by Crippen LogP contribution is 2.26. The number of ether oxygens (including phenoxy) is 1. The summed E-state index contributed by atoms with van der Waals surface area (Å²) in [6.07, 6.45) is 1.43. The molecule has 4 rings (SSSR count). The lowest BCUT2D eigenvalue weighted by atomic mass is 10.1. The lowest BCUT2D eigenvalue weighted by molar-refractivity contribution is 0.0827. The Morgan fingerprint density at radius 3 is 2.48 bits per heavy atom. The summed E-state index contributed by atoms with van der Waals surface area (Å²) in [5.74, 6) is 1.47. The first-order valence-corrected chi connectivity index (χ1v) is 8.37. The van der Waals surface area contributed by atoms with Crippen molar-refractivity contribution in [1.82, 2.24) is 24.5 Å². The first-order chi connectivity index (χ1) is 13.1. The van der Waals surface area contributed by atoms with E-state index in [1.165, 1.54) is 15.7 Å². The summed E-state index contributed by atoms with van der Waals surface area (Å²) in [6, 6.07) is 18.6. The van der Waals surface area contributed by atoms with Gasteiger partial charge in [-0.2, -0.15) is 14.6 Å². The fourth-order valence-electron chi connectivity index (χ4n) is 2.66. The van der Waals surface area contributed by atoms with Gasteiger partial charge in [-0.1, -0.05) is 30.3 Å². The number of carbonyl (C=O) groups excluding carboxylic acids is 1. The minimum Gasteiger partial charge on any atom is -0.439 e. The fraction of sp³-hybridized carbons (Fsp3) is 0.100. The van der Waals surface area contributed by atoms with Gasteiger partial charge in [0.25, 0.3) is 11.7 Å². The van der Waals surface area contributed by atoms with Crippen LogP contribution < -0.4 is 4.74 Å². The Balaban J connectivity index is 1.69. The minimum absolute atomic E-state index is 0.0597. The Morgan fingerprint density at radius 1 is 1.04 bits per heavy atom. The van der Waals surface area contributed by atoms with Crippen molar-refractivity contribution in [1.29, 1.82) is 0 Å². The molecule has 0 atom stereocenters. The molecular weight excluding hydrogens is 342 g/mol. The van der Waals surface area contributed by atoms with E-state index in [1.54, 1.807) is 38.4 Å². The molecule has 2 aromatic carbocycles. The maximum Gasteiger partial charge on any atom is 0.255 e. The third kappa shape index (κ3) is 3.35. The highest BCUT2D eigenvalue weighted by molar-refractivity contribution is 5.93. The summed E-state index contributed by atoms with van der Waals surface area (Å²) in [5.41, 5.74) is 2.29. The summed E-state index contributed by atoms with van der Waals surface area (Å²) in [7, 11) is 3.44. The summed E-state index contributed by atoms with van der Waals surface area (Å²) in [5, 5.41) is 4.18. The number of hydrogen-bond acceptors (Lipinski definition) is 5. The van der Waals surface area contributed by atoms with Crippen molar-refractivity contribution in [3.8, 4) is 22.9 Å². The highest BCUT2D eigenvalue weighted by Gasteiger charge is 2.12. The average Bonchev–Trinajstić information content (AvgIpc) is 3.17. The Kier molecular flexibility index (Phi) is 4.25. The molecular formula is C20H17N5O2. The SMILES string of the molecule is CN(C)C(=O)c1ccc(Oc2cc(-c3ccccc3)nc3ncnn23)cc1. The topological polar surface area (TPSA) is 72.6 Å². The minimum atomic E-state index is -0.0597. The smallest absolute Gasteiger partial charge is 0.255 e. The number of aromatic nitrogens is 4. The van der Waals surface area contributed by atoms with Crippen molar-refractivity contribution in [2.45, 2.75) is 0 Å². The van der Waals surface area contributed by atoms with Crippen LogP contribution in [-0.2, 0) is 0 Å². The van der Waals surface area contributed by atoms with Crippen molar-refractivity contribution in [2.24, 2.45) is 0 Å². The van der Waals surface area contributed by atoms with Crippen molar-refractivity contribution in [3.63, 3.8) is 0 Å². The molecule has 134 valence electrons. The van der Waals surface area contributed by atoms with Gasteiger partial charge in [-0.3, -0.25) is 4.79 Å². The van der Waals surface area contributed by atoms with Gasteiger partial charge in [-0.15, -0.1) is 0 Å². The van der Waals surface area contributed by atoms with Gasteiger partial charge in [0, 0.05) is 31.3 Å². The Morgan fingerprint density at radius 2 is 1.78 bits per heavy atom. The number of benzene rings is 2. The van der Waals surface area contributed by atoms with Crippen LogP contribution in [0.2, 0.25) is 0 Å². The van der Waals surface area contributed by atoms with Crippen LogP contribution in [0.3, 0.4) is 0 Å². The van der Waals surface area contributed by atoms with E-state index in [2.05, 4.69) is 15.1 Å². The zero-order valence-electron chi connectivity index (χ0n) is 14.9. The van der Waals surface area contributed by atoms with Crippen molar-refractivity contribution >= 4 is 11.7 Å². The average molecular weight is 359 g/mol. The molecule has 1 amide bonds. The number of carbonyl (C=O) groups is 1. The quantitative estimate of drug-likeness (QED) is 0.559. The second kappa shape index (κ2) is 6.87. The second-order valence-electron chi connectivity index (χ2n) is 6.14. The maximum absolute atomic E-state index is 12.0. The molecule has 0 saturated heterocycles. The lowest BCUT2D eigenvalue weighted by Crippen LogP contribution is -2.21. The number of nitrogens with zero attached hydrogens (tertiary/aromatic N) is 5. The van der Waals surface area contributed by atoms with Crippen LogP contribution in [0.4, 0.5) is 0 Å². The van der Waals surface area contributed by atoms with Crippen molar-refractivity contribution in [2.75, 3.05) is 14.1 Å². The van der Waals surface area contributed by atoms with E-state index in [9.17, 15) is 4.79 Å². The standard InChI is InChI=1S/C20H17N5O2/c1-24(2)19(26)15-8-10-16(11-9-15)27-18-12-17(14-6-4-3-5-7-14)23-20-21-13-22-25(18)20/h3-13H,1-2H3. The molecule has 0 saturated carbocycles. The largest absolute Gasteiger partial charge is 0.439 e. The molecule has 0 aliphatic heterocycles. The molecule has 4 aromatic rings. The van der Waals surface area contributed by atoms with E-state index < -0.39 is 0 Å². The van der Waals surface area contributed by atoms with Crippen LogP contribution >= 0.6 is 0 Å². The summed E-state index contributed by atoms with van der Waals surface area (Å²) in [6.45, 7) is 0. The van der Waals surface area contributed by atoms with Gasteiger partial charge >= 0.3 is 0 Å². The number of amides is 1. The maximum atomic E-state index is 12.0. The molecule has 0 unspecified atom stereocenters. The molecule has 7 heteroatoms. The molecule has 0 N–H and O–H groups in total. The van der Waals surface area contributed by atoms with E-state index >= 15 is 0 Å². The van der Waals surface area contributed by atoms with Crippen LogP contribution in [0.25, 0.3) is 17.0 Å². The van der Waals surface area contributed by atoms with Crippen molar-refractivity contribution < 1.29 is 9.53 Å². The third-order valence-corrected chi connectivity index (χ3v) is 4.02. The zero-order chi connectivity index (χ0) is 18.8. The summed E-state index contributed by atoms with van der Waals surface area (Å²) in [4.78, 5) is 22.2. The Bertz CT molecular complexity index is 1090. The van der Waals surface area contributed by atoms with Gasteiger partial charge in [-0.05, 0) is 24.3 Å². The first-order valence-electron chi connectivity index (χ1n) is 8.37. The van der Waals surface area contributed by atoms with E-state index in [-0.39, 0.29) is 5.91 Å². The molecule has 0 aliphatic carbocycles. The second-order valence-corrected chi connectivity index (χ2v) is 6.14.